The van der Waals surface area contributed by atoms with Gasteiger partial charge in [0.05, 0.1) is 11.2 Å². The van der Waals surface area contributed by atoms with Crippen LogP contribution in [-0.4, -0.2) is 27.0 Å². The van der Waals surface area contributed by atoms with Crippen LogP contribution >= 0.6 is 11.8 Å². The summed E-state index contributed by atoms with van der Waals surface area (Å²) in [4.78, 5) is 36.8. The molecule has 1 atom stereocenters. The lowest BCUT2D eigenvalue weighted by atomic mass is 10.1. The van der Waals surface area contributed by atoms with Crippen molar-refractivity contribution in [2.75, 3.05) is 4.90 Å². The molecule has 0 saturated carbocycles. The summed E-state index contributed by atoms with van der Waals surface area (Å²) in [5, 5.41) is 2.90. The van der Waals surface area contributed by atoms with Crippen LogP contribution in [0.15, 0.2) is 59.8 Å². The molecule has 6 heteroatoms. The normalized spacial score (nSPS) is 16.6. The smallest absolute Gasteiger partial charge is 0.247 e. The minimum absolute atomic E-state index is 0.139. The van der Waals surface area contributed by atoms with Gasteiger partial charge in [-0.3, -0.25) is 9.59 Å². The minimum Gasteiger partial charge on any atom is -0.274 e. The van der Waals surface area contributed by atoms with Crippen molar-refractivity contribution in [2.45, 2.75) is 37.6 Å². The van der Waals surface area contributed by atoms with Gasteiger partial charge in [-0.15, -0.1) is 0 Å². The Kier molecular flexibility index (Phi) is 4.74. The number of carbonyl (C=O) groups excluding carboxylic acids is 2. The summed E-state index contributed by atoms with van der Waals surface area (Å²) in [7, 11) is 0. The molecule has 1 aromatic heterocycles. The summed E-state index contributed by atoms with van der Waals surface area (Å²) in [5.41, 5.74) is 4.65. The van der Waals surface area contributed by atoms with E-state index in [1.807, 2.05) is 56.3 Å². The molecule has 5 rings (SSSR count). The number of aryl methyl sites for hydroxylation is 3. The zero-order valence-electron chi connectivity index (χ0n) is 17.5. The number of rotatable bonds is 3. The Hall–Kier alpha value is -3.25. The van der Waals surface area contributed by atoms with Gasteiger partial charge in [0, 0.05) is 22.9 Å². The van der Waals surface area contributed by atoms with Crippen molar-refractivity contribution in [3.05, 3.63) is 71.4 Å². The largest absolute Gasteiger partial charge is 0.274 e. The molecule has 0 spiro atoms. The van der Waals surface area contributed by atoms with Gasteiger partial charge in [-0.2, -0.15) is 0 Å². The van der Waals surface area contributed by atoms with E-state index < -0.39 is 5.25 Å². The summed E-state index contributed by atoms with van der Waals surface area (Å²) < 4.78 is 0. The van der Waals surface area contributed by atoms with E-state index in [0.29, 0.717) is 10.8 Å². The van der Waals surface area contributed by atoms with Gasteiger partial charge in [0.2, 0.25) is 11.8 Å². The van der Waals surface area contributed by atoms with E-state index in [-0.39, 0.29) is 18.2 Å². The maximum absolute atomic E-state index is 13.3. The number of nitrogens with zero attached hydrogens (tertiary/aromatic N) is 3. The molecule has 1 aliphatic heterocycles. The number of hydrogen-bond donors (Lipinski definition) is 0. The van der Waals surface area contributed by atoms with Crippen LogP contribution in [0.2, 0.25) is 0 Å². The number of carbonyl (C=O) groups is 2. The molecule has 0 aliphatic carbocycles. The summed E-state index contributed by atoms with van der Waals surface area (Å²) in [6, 6.07) is 17.6. The fraction of sp³-hybridized carbons (Fsp3) is 0.200. The molecule has 3 aromatic carbocycles. The minimum atomic E-state index is -0.533. The molecule has 5 nitrogen and oxygen atoms in total. The van der Waals surface area contributed by atoms with Gasteiger partial charge >= 0.3 is 0 Å². The number of imide groups is 1. The van der Waals surface area contributed by atoms with E-state index in [4.69, 9.17) is 4.98 Å². The topological polar surface area (TPSA) is 63.2 Å². The van der Waals surface area contributed by atoms with Crippen molar-refractivity contribution in [1.82, 2.24) is 9.97 Å². The summed E-state index contributed by atoms with van der Waals surface area (Å²) in [5.74, 6) is -0.406. The van der Waals surface area contributed by atoms with Crippen LogP contribution in [0, 0.1) is 20.8 Å². The molecule has 154 valence electrons. The van der Waals surface area contributed by atoms with Crippen LogP contribution in [0.4, 0.5) is 5.69 Å². The van der Waals surface area contributed by atoms with Crippen LogP contribution in [0.25, 0.3) is 21.7 Å². The highest BCUT2D eigenvalue weighted by atomic mass is 32.2. The average molecular weight is 428 g/mol. The molecule has 4 aromatic rings. The number of aromatic nitrogens is 2. The van der Waals surface area contributed by atoms with Crippen molar-refractivity contribution in [3.63, 3.8) is 0 Å². The summed E-state index contributed by atoms with van der Waals surface area (Å²) >= 11 is 1.27. The Morgan fingerprint density at radius 2 is 1.71 bits per heavy atom. The zero-order chi connectivity index (χ0) is 21.7. The van der Waals surface area contributed by atoms with Crippen LogP contribution in [0.1, 0.15) is 23.2 Å². The quantitative estimate of drug-likeness (QED) is 0.335. The molecule has 31 heavy (non-hydrogen) atoms. The molecule has 1 aliphatic rings. The van der Waals surface area contributed by atoms with E-state index >= 15 is 0 Å². The molecule has 0 bridgehead atoms. The first kappa shape index (κ1) is 19.7. The first-order valence-electron chi connectivity index (χ1n) is 10.2. The standard InChI is InChI=1S/C25H21N3O2S/c1-14-11-15(2)23-19(12-14)16(3)26-25(27-23)31-21-13-22(29)28(24(21)30)20-10-6-8-17-7-4-5-9-18(17)20/h4-12,21H,13H2,1-3H3/t21-/m0/s1. The maximum Gasteiger partial charge on any atom is 0.247 e. The molecule has 2 heterocycles. The van der Waals surface area contributed by atoms with Crippen molar-refractivity contribution < 1.29 is 9.59 Å². The van der Waals surface area contributed by atoms with E-state index in [0.717, 1.165) is 32.9 Å². The molecular formula is C25H21N3O2S. The number of fused-ring (bicyclic) bond motifs is 2. The van der Waals surface area contributed by atoms with Crippen molar-refractivity contribution in [2.24, 2.45) is 0 Å². The van der Waals surface area contributed by atoms with Crippen molar-refractivity contribution in [1.29, 1.82) is 0 Å². The molecular weight excluding hydrogens is 406 g/mol. The predicted molar refractivity (Wildman–Crippen MR) is 124 cm³/mol. The highest BCUT2D eigenvalue weighted by Crippen LogP contribution is 2.36. The van der Waals surface area contributed by atoms with Gasteiger partial charge in [0.25, 0.3) is 0 Å². The Morgan fingerprint density at radius 1 is 0.935 bits per heavy atom. The second-order valence-corrected chi connectivity index (χ2v) is 9.12. The van der Waals surface area contributed by atoms with Gasteiger partial charge < -0.3 is 0 Å². The highest BCUT2D eigenvalue weighted by Gasteiger charge is 2.41. The number of hydrogen-bond acceptors (Lipinski definition) is 5. The number of thioether (sulfide) groups is 1. The first-order valence-corrected chi connectivity index (χ1v) is 11.1. The fourth-order valence-electron chi connectivity index (χ4n) is 4.24. The first-order chi connectivity index (χ1) is 14.9. The highest BCUT2D eigenvalue weighted by molar-refractivity contribution is 8.00. The maximum atomic E-state index is 13.3. The van der Waals surface area contributed by atoms with Crippen molar-refractivity contribution in [3.8, 4) is 0 Å². The second kappa shape index (κ2) is 7.46. The van der Waals surface area contributed by atoms with Crippen LogP contribution in [-0.2, 0) is 9.59 Å². The van der Waals surface area contributed by atoms with E-state index in [1.54, 1.807) is 0 Å². The average Bonchev–Trinajstić information content (AvgIpc) is 3.01. The van der Waals surface area contributed by atoms with Crippen LogP contribution in [0.5, 0.6) is 0 Å². The second-order valence-electron chi connectivity index (χ2n) is 7.95. The molecule has 1 fully saturated rings. The Bertz CT molecular complexity index is 1380. The van der Waals surface area contributed by atoms with E-state index in [2.05, 4.69) is 24.0 Å². The van der Waals surface area contributed by atoms with Gasteiger partial charge in [0.15, 0.2) is 5.16 Å². The lowest BCUT2D eigenvalue weighted by Gasteiger charge is -2.17. The summed E-state index contributed by atoms with van der Waals surface area (Å²) in [6.45, 7) is 6.04. The SMILES string of the molecule is Cc1cc(C)c2nc(S[C@H]3CC(=O)N(c4cccc5ccccc45)C3=O)nc(C)c2c1. The molecule has 2 amide bonds. The summed E-state index contributed by atoms with van der Waals surface area (Å²) in [6.07, 6.45) is 0.139. The third kappa shape index (κ3) is 3.37. The predicted octanol–water partition coefficient (Wildman–Crippen LogP) is 5.13. The van der Waals surface area contributed by atoms with Crippen LogP contribution in [0.3, 0.4) is 0 Å². The number of benzene rings is 3. The lowest BCUT2D eigenvalue weighted by molar-refractivity contribution is -0.121. The van der Waals surface area contributed by atoms with Gasteiger partial charge in [0.1, 0.15) is 5.25 Å². The molecule has 0 N–H and O–H groups in total. The monoisotopic (exact) mass is 427 g/mol. The lowest BCUT2D eigenvalue weighted by Crippen LogP contribution is -2.31. The Labute approximate surface area is 184 Å². The van der Waals surface area contributed by atoms with E-state index in [1.165, 1.54) is 22.2 Å². The Balaban J connectivity index is 1.49. The Morgan fingerprint density at radius 3 is 2.55 bits per heavy atom. The van der Waals surface area contributed by atoms with Gasteiger partial charge in [-0.25, -0.2) is 14.9 Å². The van der Waals surface area contributed by atoms with Gasteiger partial charge in [-0.1, -0.05) is 59.8 Å². The third-order valence-electron chi connectivity index (χ3n) is 5.67. The number of anilines is 1. The number of amides is 2. The molecule has 1 saturated heterocycles. The van der Waals surface area contributed by atoms with Crippen molar-refractivity contribution >= 4 is 50.9 Å². The fourth-order valence-corrected chi connectivity index (χ4v) is 5.26. The molecule has 0 unspecified atom stereocenters. The van der Waals surface area contributed by atoms with Gasteiger partial charge in [-0.05, 0) is 43.9 Å². The van der Waals surface area contributed by atoms with Crippen LogP contribution < -0.4 is 4.90 Å². The third-order valence-corrected chi connectivity index (χ3v) is 6.71. The van der Waals surface area contributed by atoms with E-state index in [9.17, 15) is 9.59 Å². The zero-order valence-corrected chi connectivity index (χ0v) is 18.4. The molecule has 0 radical (unpaired) electrons.